The van der Waals surface area contributed by atoms with Crippen molar-refractivity contribution in [2.45, 2.75) is 39.8 Å². The van der Waals surface area contributed by atoms with Gasteiger partial charge in [0.1, 0.15) is 17.4 Å². The minimum Gasteiger partial charge on any atom is -0.459 e. The first-order valence-corrected chi connectivity index (χ1v) is 8.56. The van der Waals surface area contributed by atoms with E-state index >= 15 is 0 Å². The third-order valence-electron chi connectivity index (χ3n) is 4.51. The summed E-state index contributed by atoms with van der Waals surface area (Å²) in [5, 5.41) is 7.30. The van der Waals surface area contributed by atoms with Crippen LogP contribution in [-0.4, -0.2) is 11.9 Å². The summed E-state index contributed by atoms with van der Waals surface area (Å²) in [4.78, 5) is 12.5. The van der Waals surface area contributed by atoms with Crippen molar-refractivity contribution in [2.75, 3.05) is 5.32 Å². The third kappa shape index (κ3) is 3.85. The molecule has 0 saturated carbocycles. The molecule has 2 unspecified atom stereocenters. The molecule has 0 aliphatic rings. The zero-order valence-electron chi connectivity index (χ0n) is 15.1. The smallest absolute Gasteiger partial charge is 0.242 e. The van der Waals surface area contributed by atoms with E-state index < -0.39 is 0 Å². The number of fused-ring (bicyclic) bond motifs is 1. The van der Waals surface area contributed by atoms with Crippen molar-refractivity contribution < 1.29 is 9.21 Å². The highest BCUT2D eigenvalue weighted by Crippen LogP contribution is 2.23. The van der Waals surface area contributed by atoms with E-state index in [0.29, 0.717) is 0 Å². The number of carbonyl (C=O) groups excluding carboxylic acids is 1. The molecule has 2 atom stereocenters. The Morgan fingerprint density at radius 1 is 1.00 bits per heavy atom. The monoisotopic (exact) mass is 336 g/mol. The van der Waals surface area contributed by atoms with Crippen LogP contribution < -0.4 is 10.6 Å². The van der Waals surface area contributed by atoms with Gasteiger partial charge in [-0.1, -0.05) is 24.3 Å². The molecule has 130 valence electrons. The van der Waals surface area contributed by atoms with Crippen molar-refractivity contribution >= 4 is 22.6 Å². The summed E-state index contributed by atoms with van der Waals surface area (Å²) in [7, 11) is 0. The Labute approximate surface area is 148 Å². The largest absolute Gasteiger partial charge is 0.459 e. The van der Waals surface area contributed by atoms with Crippen LogP contribution in [0, 0.1) is 13.8 Å². The van der Waals surface area contributed by atoms with Crippen molar-refractivity contribution in [3.63, 3.8) is 0 Å². The molecule has 0 bridgehead atoms. The predicted octanol–water partition coefficient (Wildman–Crippen LogP) is 4.73. The Morgan fingerprint density at radius 3 is 2.48 bits per heavy atom. The van der Waals surface area contributed by atoms with Gasteiger partial charge in [-0.3, -0.25) is 4.79 Å². The molecule has 4 heteroatoms. The first-order valence-electron chi connectivity index (χ1n) is 8.56. The number of benzene rings is 2. The second kappa shape index (κ2) is 7.01. The molecule has 0 saturated heterocycles. The molecule has 0 fully saturated rings. The van der Waals surface area contributed by atoms with Crippen LogP contribution in [0.3, 0.4) is 0 Å². The molecule has 1 aromatic heterocycles. The SMILES string of the molecule is Cc1ccc(NC(C)C(=O)NC(C)c2cc3ccccc3o2)cc1C. The van der Waals surface area contributed by atoms with Crippen molar-refractivity contribution in [1.29, 1.82) is 0 Å². The maximum Gasteiger partial charge on any atom is 0.242 e. The lowest BCUT2D eigenvalue weighted by Crippen LogP contribution is -2.38. The highest BCUT2D eigenvalue weighted by atomic mass is 16.3. The van der Waals surface area contributed by atoms with Gasteiger partial charge in [0.05, 0.1) is 6.04 Å². The minimum absolute atomic E-state index is 0.0637. The summed E-state index contributed by atoms with van der Waals surface area (Å²) < 4.78 is 5.82. The number of carbonyl (C=O) groups is 1. The highest BCUT2D eigenvalue weighted by Gasteiger charge is 2.18. The molecule has 3 aromatic rings. The van der Waals surface area contributed by atoms with Crippen molar-refractivity contribution in [3.8, 4) is 0 Å². The lowest BCUT2D eigenvalue weighted by molar-refractivity contribution is -0.122. The van der Waals surface area contributed by atoms with Gasteiger partial charge in [0.25, 0.3) is 0 Å². The van der Waals surface area contributed by atoms with Crippen LogP contribution in [-0.2, 0) is 4.79 Å². The van der Waals surface area contributed by atoms with E-state index in [4.69, 9.17) is 4.42 Å². The summed E-state index contributed by atoms with van der Waals surface area (Å²) in [6, 6.07) is 15.4. The average Bonchev–Trinajstić information content (AvgIpc) is 3.02. The third-order valence-corrected chi connectivity index (χ3v) is 4.51. The van der Waals surface area contributed by atoms with Crippen LogP contribution in [0.5, 0.6) is 0 Å². The van der Waals surface area contributed by atoms with Gasteiger partial charge in [-0.25, -0.2) is 0 Å². The van der Waals surface area contributed by atoms with Crippen molar-refractivity contribution in [2.24, 2.45) is 0 Å². The van der Waals surface area contributed by atoms with Crippen LogP contribution in [0.15, 0.2) is 52.9 Å². The summed E-state index contributed by atoms with van der Waals surface area (Å²) in [5.41, 5.74) is 4.22. The maximum atomic E-state index is 12.5. The van der Waals surface area contributed by atoms with Crippen LogP contribution in [0.4, 0.5) is 5.69 Å². The highest BCUT2D eigenvalue weighted by molar-refractivity contribution is 5.85. The number of aryl methyl sites for hydroxylation is 2. The minimum atomic E-state index is -0.339. The molecule has 1 heterocycles. The first-order chi connectivity index (χ1) is 11.9. The molecular formula is C21H24N2O2. The Morgan fingerprint density at radius 2 is 1.76 bits per heavy atom. The Balaban J connectivity index is 1.64. The number of para-hydroxylation sites is 1. The standard InChI is InChI=1S/C21H24N2O2/c1-13-9-10-18(11-14(13)2)22-16(4)21(24)23-15(3)20-12-17-7-5-6-8-19(17)25-20/h5-12,15-16,22H,1-4H3,(H,23,24). The Kier molecular flexibility index (Phi) is 4.79. The van der Waals surface area contributed by atoms with Gasteiger partial charge >= 0.3 is 0 Å². The van der Waals surface area contributed by atoms with E-state index in [0.717, 1.165) is 22.4 Å². The van der Waals surface area contributed by atoms with Crippen molar-refractivity contribution in [1.82, 2.24) is 5.32 Å². The molecule has 2 N–H and O–H groups in total. The first kappa shape index (κ1) is 17.1. The summed E-state index contributed by atoms with van der Waals surface area (Å²) in [5.74, 6) is 0.694. The fourth-order valence-electron chi connectivity index (χ4n) is 2.77. The zero-order chi connectivity index (χ0) is 18.0. The lowest BCUT2D eigenvalue weighted by Gasteiger charge is -2.18. The predicted molar refractivity (Wildman–Crippen MR) is 102 cm³/mol. The van der Waals surface area contributed by atoms with E-state index in [1.807, 2.05) is 50.2 Å². The van der Waals surface area contributed by atoms with Crippen LogP contribution in [0.2, 0.25) is 0 Å². The van der Waals surface area contributed by atoms with Crippen molar-refractivity contribution in [3.05, 3.63) is 65.4 Å². The van der Waals surface area contributed by atoms with E-state index in [9.17, 15) is 4.79 Å². The number of nitrogens with one attached hydrogen (secondary N) is 2. The second-order valence-electron chi connectivity index (χ2n) is 6.58. The molecule has 0 aliphatic carbocycles. The number of amides is 1. The van der Waals surface area contributed by atoms with E-state index in [-0.39, 0.29) is 18.0 Å². The molecular weight excluding hydrogens is 312 g/mol. The number of furan rings is 1. The van der Waals surface area contributed by atoms with Gasteiger partial charge in [0.2, 0.25) is 5.91 Å². The van der Waals surface area contributed by atoms with Gasteiger partial charge in [0, 0.05) is 11.1 Å². The van der Waals surface area contributed by atoms with Crippen LogP contribution in [0.1, 0.15) is 36.8 Å². The molecule has 1 amide bonds. The van der Waals surface area contributed by atoms with E-state index in [1.165, 1.54) is 11.1 Å². The fraction of sp³-hybridized carbons (Fsp3) is 0.286. The van der Waals surface area contributed by atoms with Gasteiger partial charge in [0.15, 0.2) is 0 Å². The number of hydrogen-bond acceptors (Lipinski definition) is 3. The van der Waals surface area contributed by atoms with Gasteiger partial charge in [-0.05, 0) is 63.1 Å². The van der Waals surface area contributed by atoms with Gasteiger partial charge in [-0.15, -0.1) is 0 Å². The normalized spacial score (nSPS) is 13.4. The molecule has 25 heavy (non-hydrogen) atoms. The van der Waals surface area contributed by atoms with Crippen LogP contribution in [0.25, 0.3) is 11.0 Å². The average molecular weight is 336 g/mol. The van der Waals surface area contributed by atoms with Gasteiger partial charge < -0.3 is 15.1 Å². The molecule has 3 rings (SSSR count). The summed E-state index contributed by atoms with van der Waals surface area (Å²) >= 11 is 0. The van der Waals surface area contributed by atoms with Gasteiger partial charge in [-0.2, -0.15) is 0 Å². The Bertz CT molecular complexity index is 865. The topological polar surface area (TPSA) is 54.3 Å². The summed E-state index contributed by atoms with van der Waals surface area (Å²) in [6.45, 7) is 7.92. The quantitative estimate of drug-likeness (QED) is 0.708. The molecule has 0 aliphatic heterocycles. The molecule has 4 nitrogen and oxygen atoms in total. The number of anilines is 1. The maximum absolute atomic E-state index is 12.5. The second-order valence-corrected chi connectivity index (χ2v) is 6.58. The Hall–Kier alpha value is -2.75. The number of hydrogen-bond donors (Lipinski definition) is 2. The lowest BCUT2D eigenvalue weighted by atomic mass is 10.1. The van der Waals surface area contributed by atoms with E-state index in [2.05, 4.69) is 36.6 Å². The summed E-state index contributed by atoms with van der Waals surface area (Å²) in [6.07, 6.45) is 0. The number of rotatable bonds is 5. The zero-order valence-corrected chi connectivity index (χ0v) is 15.1. The molecule has 0 radical (unpaired) electrons. The molecule has 2 aromatic carbocycles. The van der Waals surface area contributed by atoms with Crippen LogP contribution >= 0.6 is 0 Å². The molecule has 0 spiro atoms. The fourth-order valence-corrected chi connectivity index (χ4v) is 2.77. The van der Waals surface area contributed by atoms with E-state index in [1.54, 1.807) is 0 Å².